The van der Waals surface area contributed by atoms with E-state index in [1.54, 1.807) is 0 Å². The molecule has 3 heterocycles. The Hall–Kier alpha value is -1.13. The summed E-state index contributed by atoms with van der Waals surface area (Å²) in [6, 6.07) is 4.06. The van der Waals surface area contributed by atoms with Gasteiger partial charge in [-0.3, -0.25) is 0 Å². The Balaban J connectivity index is 1.88. The lowest BCUT2D eigenvalue weighted by molar-refractivity contribution is 0.0301. The third-order valence-corrected chi connectivity index (χ3v) is 3.65. The summed E-state index contributed by atoms with van der Waals surface area (Å²) in [5.41, 5.74) is 7.14. The van der Waals surface area contributed by atoms with Gasteiger partial charge >= 0.3 is 0 Å². The normalized spacial score (nSPS) is 29.4. The van der Waals surface area contributed by atoms with E-state index in [0.29, 0.717) is 12.2 Å². The minimum absolute atomic E-state index is 0.0270. The summed E-state index contributed by atoms with van der Waals surface area (Å²) in [6.07, 6.45) is 4.98. The fourth-order valence-electron chi connectivity index (χ4n) is 2.82. The Morgan fingerprint density at radius 3 is 2.76 bits per heavy atom. The zero-order valence-electron chi connectivity index (χ0n) is 10.2. The van der Waals surface area contributed by atoms with Crippen LogP contribution in [-0.4, -0.2) is 30.3 Å². The van der Waals surface area contributed by atoms with Crippen LogP contribution in [0.1, 0.15) is 31.4 Å². The number of morpholine rings is 1. The molecule has 0 radical (unpaired) electrons. The van der Waals surface area contributed by atoms with Crippen molar-refractivity contribution < 1.29 is 4.74 Å². The number of pyridine rings is 1. The lowest BCUT2D eigenvalue weighted by Gasteiger charge is -2.34. The molecule has 0 aromatic carbocycles. The predicted octanol–water partition coefficient (Wildman–Crippen LogP) is 1.47. The molecule has 1 aromatic rings. The van der Waals surface area contributed by atoms with Crippen molar-refractivity contribution in [2.24, 2.45) is 5.73 Å². The van der Waals surface area contributed by atoms with Crippen molar-refractivity contribution in [3.63, 3.8) is 0 Å². The molecular weight excluding hydrogens is 214 g/mol. The Kier molecular flexibility index (Phi) is 2.76. The van der Waals surface area contributed by atoms with Gasteiger partial charge in [-0.1, -0.05) is 6.07 Å². The Labute approximate surface area is 102 Å². The molecule has 2 bridgehead atoms. The maximum absolute atomic E-state index is 6.01. The Morgan fingerprint density at radius 1 is 1.41 bits per heavy atom. The average Bonchev–Trinajstić information content (AvgIpc) is 2.68. The first-order valence-corrected chi connectivity index (χ1v) is 6.35. The second-order valence-corrected chi connectivity index (χ2v) is 5.07. The van der Waals surface area contributed by atoms with Gasteiger partial charge < -0.3 is 15.4 Å². The predicted molar refractivity (Wildman–Crippen MR) is 66.9 cm³/mol. The molecule has 1 aromatic heterocycles. The standard InChI is InChI=1S/C13H19N3O/c1-9(14)12-3-2-6-15-13(12)16-7-10-4-5-11(8-16)17-10/h2-3,6,9-11H,4-5,7-8,14H2,1H3. The van der Waals surface area contributed by atoms with Gasteiger partial charge in [-0.15, -0.1) is 0 Å². The number of hydrogen-bond acceptors (Lipinski definition) is 4. The number of rotatable bonds is 2. The molecule has 17 heavy (non-hydrogen) atoms. The summed E-state index contributed by atoms with van der Waals surface area (Å²) in [7, 11) is 0. The number of nitrogens with zero attached hydrogens (tertiary/aromatic N) is 2. The van der Waals surface area contributed by atoms with Crippen LogP contribution < -0.4 is 10.6 Å². The first-order chi connectivity index (χ1) is 8.24. The van der Waals surface area contributed by atoms with Crippen LogP contribution >= 0.6 is 0 Å². The molecule has 4 nitrogen and oxygen atoms in total. The van der Waals surface area contributed by atoms with Crippen LogP contribution in [0.25, 0.3) is 0 Å². The molecule has 2 saturated heterocycles. The summed E-state index contributed by atoms with van der Waals surface area (Å²) < 4.78 is 5.85. The van der Waals surface area contributed by atoms with E-state index in [1.807, 2.05) is 19.2 Å². The molecule has 2 aliphatic heterocycles. The van der Waals surface area contributed by atoms with E-state index in [4.69, 9.17) is 10.5 Å². The van der Waals surface area contributed by atoms with Crippen LogP contribution in [0.5, 0.6) is 0 Å². The second-order valence-electron chi connectivity index (χ2n) is 5.07. The molecule has 0 spiro atoms. The zero-order valence-corrected chi connectivity index (χ0v) is 10.2. The maximum atomic E-state index is 6.01. The third kappa shape index (κ3) is 2.03. The fourth-order valence-corrected chi connectivity index (χ4v) is 2.82. The van der Waals surface area contributed by atoms with Gasteiger partial charge in [0.2, 0.25) is 0 Å². The van der Waals surface area contributed by atoms with E-state index in [1.165, 1.54) is 12.8 Å². The molecule has 0 saturated carbocycles. The van der Waals surface area contributed by atoms with Crippen LogP contribution in [0, 0.1) is 0 Å². The number of aromatic nitrogens is 1. The van der Waals surface area contributed by atoms with Crippen LogP contribution in [0.4, 0.5) is 5.82 Å². The van der Waals surface area contributed by atoms with Crippen molar-refractivity contribution in [1.29, 1.82) is 0 Å². The monoisotopic (exact) mass is 233 g/mol. The largest absolute Gasteiger partial charge is 0.371 e. The van der Waals surface area contributed by atoms with E-state index in [9.17, 15) is 0 Å². The summed E-state index contributed by atoms with van der Waals surface area (Å²) in [5, 5.41) is 0. The smallest absolute Gasteiger partial charge is 0.133 e. The van der Waals surface area contributed by atoms with Gasteiger partial charge in [-0.25, -0.2) is 4.98 Å². The number of hydrogen-bond donors (Lipinski definition) is 1. The number of anilines is 1. The van der Waals surface area contributed by atoms with E-state index < -0.39 is 0 Å². The average molecular weight is 233 g/mol. The quantitative estimate of drug-likeness (QED) is 0.840. The summed E-state index contributed by atoms with van der Waals surface area (Å²) in [5.74, 6) is 1.04. The molecule has 0 aliphatic carbocycles. The van der Waals surface area contributed by atoms with Gasteiger partial charge in [0.05, 0.1) is 12.2 Å². The van der Waals surface area contributed by atoms with Crippen molar-refractivity contribution in [2.45, 2.75) is 38.0 Å². The molecular formula is C13H19N3O. The number of nitrogens with two attached hydrogens (primary N) is 1. The lowest BCUT2D eigenvalue weighted by atomic mass is 10.1. The Morgan fingerprint density at radius 2 is 2.12 bits per heavy atom. The van der Waals surface area contributed by atoms with Crippen molar-refractivity contribution in [3.8, 4) is 0 Å². The van der Waals surface area contributed by atoms with Crippen LogP contribution in [0.3, 0.4) is 0 Å². The lowest BCUT2D eigenvalue weighted by Crippen LogP contribution is -2.43. The summed E-state index contributed by atoms with van der Waals surface area (Å²) in [4.78, 5) is 6.85. The van der Waals surface area contributed by atoms with Crippen LogP contribution in [0.2, 0.25) is 0 Å². The highest BCUT2D eigenvalue weighted by Crippen LogP contribution is 2.31. The molecule has 3 atom stereocenters. The highest BCUT2D eigenvalue weighted by Gasteiger charge is 2.34. The van der Waals surface area contributed by atoms with Crippen LogP contribution in [-0.2, 0) is 4.74 Å². The third-order valence-electron chi connectivity index (χ3n) is 3.65. The molecule has 2 N–H and O–H groups in total. The van der Waals surface area contributed by atoms with E-state index in [-0.39, 0.29) is 6.04 Å². The minimum atomic E-state index is 0.0270. The van der Waals surface area contributed by atoms with E-state index in [0.717, 1.165) is 24.5 Å². The van der Waals surface area contributed by atoms with Gasteiger partial charge in [0.1, 0.15) is 5.82 Å². The molecule has 2 aliphatic rings. The fraction of sp³-hybridized carbons (Fsp3) is 0.615. The van der Waals surface area contributed by atoms with Gasteiger partial charge in [0.25, 0.3) is 0 Å². The number of ether oxygens (including phenoxy) is 1. The molecule has 2 fully saturated rings. The van der Waals surface area contributed by atoms with Crippen molar-refractivity contribution in [3.05, 3.63) is 23.9 Å². The zero-order chi connectivity index (χ0) is 11.8. The Bertz CT molecular complexity index is 395. The second kappa shape index (κ2) is 4.27. The van der Waals surface area contributed by atoms with Gasteiger partial charge in [0, 0.05) is 30.9 Å². The number of fused-ring (bicyclic) bond motifs is 2. The van der Waals surface area contributed by atoms with E-state index >= 15 is 0 Å². The first-order valence-electron chi connectivity index (χ1n) is 6.35. The molecule has 0 amide bonds. The molecule has 4 heteroatoms. The van der Waals surface area contributed by atoms with Crippen LogP contribution in [0.15, 0.2) is 18.3 Å². The topological polar surface area (TPSA) is 51.4 Å². The van der Waals surface area contributed by atoms with Crippen molar-refractivity contribution in [1.82, 2.24) is 4.98 Å². The molecule has 3 unspecified atom stereocenters. The minimum Gasteiger partial charge on any atom is -0.371 e. The molecule has 92 valence electrons. The highest BCUT2D eigenvalue weighted by molar-refractivity contribution is 5.49. The molecule has 3 rings (SSSR count). The van der Waals surface area contributed by atoms with Crippen molar-refractivity contribution in [2.75, 3.05) is 18.0 Å². The van der Waals surface area contributed by atoms with E-state index in [2.05, 4.69) is 16.0 Å². The maximum Gasteiger partial charge on any atom is 0.133 e. The SMILES string of the molecule is CC(N)c1cccnc1N1CC2CCC(C1)O2. The summed E-state index contributed by atoms with van der Waals surface area (Å²) >= 11 is 0. The first kappa shape index (κ1) is 11.0. The summed E-state index contributed by atoms with van der Waals surface area (Å²) in [6.45, 7) is 3.91. The van der Waals surface area contributed by atoms with Crippen molar-refractivity contribution >= 4 is 5.82 Å². The highest BCUT2D eigenvalue weighted by atomic mass is 16.5. The van der Waals surface area contributed by atoms with Gasteiger partial charge in [0.15, 0.2) is 0 Å². The van der Waals surface area contributed by atoms with Gasteiger partial charge in [-0.05, 0) is 25.8 Å². The van der Waals surface area contributed by atoms with Gasteiger partial charge in [-0.2, -0.15) is 0 Å².